The van der Waals surface area contributed by atoms with Gasteiger partial charge in [0.15, 0.2) is 0 Å². The summed E-state index contributed by atoms with van der Waals surface area (Å²) < 4.78 is 92.6. The summed E-state index contributed by atoms with van der Waals surface area (Å²) in [5.41, 5.74) is -3.47. The van der Waals surface area contributed by atoms with E-state index in [1.165, 1.54) is 0 Å². The highest BCUT2D eigenvalue weighted by molar-refractivity contribution is 6.01. The number of nitro benzene ring substituents is 1. The first kappa shape index (κ1) is 23.1. The van der Waals surface area contributed by atoms with Gasteiger partial charge >= 0.3 is 18.0 Å². The number of hydrogen-bond donors (Lipinski definition) is 1. The van der Waals surface area contributed by atoms with Gasteiger partial charge < -0.3 is 5.73 Å². The van der Waals surface area contributed by atoms with Crippen molar-refractivity contribution in [3.05, 3.63) is 62.7 Å². The number of primary amides is 1. The quantitative estimate of drug-likeness (QED) is 0.401. The fourth-order valence-corrected chi connectivity index (χ4v) is 3.14. The third-order valence-corrected chi connectivity index (χ3v) is 4.46. The van der Waals surface area contributed by atoms with Gasteiger partial charge in [0, 0.05) is 17.7 Å². The van der Waals surface area contributed by atoms with E-state index in [0.29, 0.717) is 12.1 Å². The lowest BCUT2D eigenvalue weighted by Gasteiger charge is -2.31. The molecule has 12 heteroatoms. The van der Waals surface area contributed by atoms with E-state index >= 15 is 0 Å². The normalized spacial score (nSPS) is 12.7. The molecule has 5 nitrogen and oxygen atoms in total. The van der Waals surface area contributed by atoms with Crippen molar-refractivity contribution in [2.75, 3.05) is 0 Å². The summed E-state index contributed by atoms with van der Waals surface area (Å²) in [6, 6.07) is 3.64. The molecule has 1 amide bonds. The van der Waals surface area contributed by atoms with Gasteiger partial charge in [0.2, 0.25) is 5.91 Å². The summed E-state index contributed by atoms with van der Waals surface area (Å²) in [5, 5.41) is 10.9. The first-order valence-corrected chi connectivity index (χ1v) is 8.05. The van der Waals surface area contributed by atoms with Crippen molar-refractivity contribution >= 4 is 11.6 Å². The van der Waals surface area contributed by atoms with Crippen molar-refractivity contribution in [2.45, 2.75) is 31.9 Å². The lowest BCUT2D eigenvalue weighted by molar-refractivity contribution is -0.384. The minimum absolute atomic E-state index is 0.00542. The molecule has 0 aliphatic rings. The molecule has 0 bridgehead atoms. The standard InChI is InChI=1S/C18H13F7N2O3/c1-8-5-10(16(19,17(20,21)22)18(23,24)25)6-9(2)14(8)12-4-3-11(27(29)30)7-13(12)15(26)28/h3-7H,1-2H3,(H2,26,28). The van der Waals surface area contributed by atoms with Crippen LogP contribution in [-0.2, 0) is 5.67 Å². The smallest absolute Gasteiger partial charge is 0.366 e. The molecule has 0 atom stereocenters. The molecule has 0 aliphatic carbocycles. The van der Waals surface area contributed by atoms with E-state index in [4.69, 9.17) is 5.73 Å². The van der Waals surface area contributed by atoms with E-state index < -0.39 is 40.1 Å². The van der Waals surface area contributed by atoms with Gasteiger partial charge in [-0.2, -0.15) is 26.3 Å². The van der Waals surface area contributed by atoms with Gasteiger partial charge in [0.25, 0.3) is 5.69 Å². The number of benzene rings is 2. The molecule has 2 aromatic carbocycles. The van der Waals surface area contributed by atoms with Gasteiger partial charge in [-0.3, -0.25) is 14.9 Å². The summed E-state index contributed by atoms with van der Waals surface area (Å²) in [7, 11) is 0. The Hall–Kier alpha value is -3.18. The van der Waals surface area contributed by atoms with Gasteiger partial charge in [0.1, 0.15) is 0 Å². The zero-order valence-electron chi connectivity index (χ0n) is 15.3. The van der Waals surface area contributed by atoms with E-state index in [1.807, 2.05) is 0 Å². The van der Waals surface area contributed by atoms with Crippen molar-refractivity contribution in [3.63, 3.8) is 0 Å². The van der Waals surface area contributed by atoms with E-state index in [9.17, 15) is 45.6 Å². The number of carbonyl (C=O) groups is 1. The van der Waals surface area contributed by atoms with Crippen LogP contribution in [0.1, 0.15) is 27.0 Å². The fourth-order valence-electron chi connectivity index (χ4n) is 3.14. The molecule has 2 rings (SSSR count). The molecule has 0 saturated heterocycles. The van der Waals surface area contributed by atoms with Crippen LogP contribution in [0.4, 0.5) is 36.4 Å². The number of halogens is 7. The lowest BCUT2D eigenvalue weighted by Crippen LogP contribution is -2.50. The Kier molecular flexibility index (Phi) is 5.59. The highest BCUT2D eigenvalue weighted by atomic mass is 19.4. The maximum Gasteiger partial charge on any atom is 0.435 e. The molecule has 2 aromatic rings. The largest absolute Gasteiger partial charge is 0.435 e. The van der Waals surface area contributed by atoms with Crippen molar-refractivity contribution in [1.29, 1.82) is 0 Å². The van der Waals surface area contributed by atoms with Crippen LogP contribution in [0.5, 0.6) is 0 Å². The SMILES string of the molecule is Cc1cc(C(F)(C(F)(F)F)C(F)(F)F)cc(C)c1-c1ccc([N+](=O)[O-])cc1C(N)=O. The summed E-state index contributed by atoms with van der Waals surface area (Å²) in [4.78, 5) is 21.8. The van der Waals surface area contributed by atoms with Crippen LogP contribution in [0.2, 0.25) is 0 Å². The van der Waals surface area contributed by atoms with Crippen molar-refractivity contribution in [1.82, 2.24) is 0 Å². The second kappa shape index (κ2) is 7.26. The monoisotopic (exact) mass is 438 g/mol. The second-order valence-corrected chi connectivity index (χ2v) is 6.49. The minimum Gasteiger partial charge on any atom is -0.366 e. The molecule has 0 heterocycles. The number of alkyl halides is 7. The number of nitrogens with two attached hydrogens (primary N) is 1. The average molecular weight is 438 g/mol. The number of non-ortho nitro benzene ring substituents is 1. The highest BCUT2D eigenvalue weighted by Gasteiger charge is 2.73. The summed E-state index contributed by atoms with van der Waals surface area (Å²) in [6.07, 6.45) is -12.6. The lowest BCUT2D eigenvalue weighted by atomic mass is 9.85. The second-order valence-electron chi connectivity index (χ2n) is 6.49. The molecule has 0 aliphatic heterocycles. The predicted molar refractivity (Wildman–Crippen MR) is 91.4 cm³/mol. The number of nitrogens with zero attached hydrogens (tertiary/aromatic N) is 1. The Morgan fingerprint density at radius 1 is 0.933 bits per heavy atom. The van der Waals surface area contributed by atoms with Crippen LogP contribution in [0.15, 0.2) is 30.3 Å². The number of aryl methyl sites for hydroxylation is 2. The van der Waals surface area contributed by atoms with Crippen LogP contribution in [0.3, 0.4) is 0 Å². The van der Waals surface area contributed by atoms with Crippen LogP contribution >= 0.6 is 0 Å². The number of hydrogen-bond acceptors (Lipinski definition) is 3. The summed E-state index contributed by atoms with van der Waals surface area (Å²) in [5.74, 6) is -1.11. The third kappa shape index (κ3) is 3.68. The van der Waals surface area contributed by atoms with Gasteiger partial charge in [-0.25, -0.2) is 4.39 Å². The molecule has 0 aromatic heterocycles. The molecule has 0 fully saturated rings. The van der Waals surface area contributed by atoms with Crippen LogP contribution in [0, 0.1) is 24.0 Å². The topological polar surface area (TPSA) is 86.2 Å². The zero-order valence-corrected chi connectivity index (χ0v) is 15.3. The van der Waals surface area contributed by atoms with E-state index in [2.05, 4.69) is 0 Å². The van der Waals surface area contributed by atoms with E-state index in [-0.39, 0.29) is 27.8 Å². The number of rotatable bonds is 4. The molecule has 0 radical (unpaired) electrons. The average Bonchev–Trinajstić information content (AvgIpc) is 2.58. The number of carbonyl (C=O) groups excluding carboxylic acids is 1. The highest BCUT2D eigenvalue weighted by Crippen LogP contribution is 2.54. The van der Waals surface area contributed by atoms with Gasteiger partial charge in [-0.15, -0.1) is 0 Å². The van der Waals surface area contributed by atoms with Crippen molar-refractivity contribution in [3.8, 4) is 11.1 Å². The number of amides is 1. The van der Waals surface area contributed by atoms with E-state index in [1.54, 1.807) is 0 Å². The van der Waals surface area contributed by atoms with Crippen LogP contribution < -0.4 is 5.73 Å². The first-order valence-electron chi connectivity index (χ1n) is 8.05. The Balaban J connectivity index is 2.80. The van der Waals surface area contributed by atoms with E-state index in [0.717, 1.165) is 32.0 Å². The van der Waals surface area contributed by atoms with Gasteiger partial charge in [-0.1, -0.05) is 12.1 Å². The maximum atomic E-state index is 14.4. The molecule has 30 heavy (non-hydrogen) atoms. The number of nitro groups is 1. The summed E-state index contributed by atoms with van der Waals surface area (Å²) in [6.45, 7) is 2.23. The zero-order chi connectivity index (χ0) is 23.2. The fraction of sp³-hybridized carbons (Fsp3) is 0.278. The van der Waals surface area contributed by atoms with Gasteiger partial charge in [0.05, 0.1) is 10.5 Å². The first-order chi connectivity index (χ1) is 13.5. The Labute approximate surface area is 164 Å². The maximum absolute atomic E-state index is 14.4. The Morgan fingerprint density at radius 3 is 1.77 bits per heavy atom. The molecule has 2 N–H and O–H groups in total. The molecular formula is C18H13F7N2O3. The minimum atomic E-state index is -6.28. The predicted octanol–water partition coefficient (Wildman–Crippen LogP) is 5.27. The Bertz CT molecular complexity index is 992. The van der Waals surface area contributed by atoms with Crippen LogP contribution in [0.25, 0.3) is 11.1 Å². The third-order valence-electron chi connectivity index (χ3n) is 4.46. The van der Waals surface area contributed by atoms with Crippen molar-refractivity contribution in [2.24, 2.45) is 5.73 Å². The Morgan fingerprint density at radius 2 is 1.40 bits per heavy atom. The van der Waals surface area contributed by atoms with Crippen LogP contribution in [-0.4, -0.2) is 23.2 Å². The van der Waals surface area contributed by atoms with Gasteiger partial charge in [-0.05, 0) is 42.2 Å². The molecule has 162 valence electrons. The summed E-state index contributed by atoms with van der Waals surface area (Å²) >= 11 is 0. The molecule has 0 unspecified atom stereocenters. The molecule has 0 saturated carbocycles. The molecule has 0 spiro atoms. The molecular weight excluding hydrogens is 425 g/mol. The van der Waals surface area contributed by atoms with Crippen molar-refractivity contribution < 1.29 is 40.5 Å².